The minimum atomic E-state index is -0.361. The zero-order valence-corrected chi connectivity index (χ0v) is 15.0. The summed E-state index contributed by atoms with van der Waals surface area (Å²) in [4.78, 5) is 20.0. The van der Waals surface area contributed by atoms with Gasteiger partial charge in [-0.2, -0.15) is 4.98 Å². The van der Waals surface area contributed by atoms with Gasteiger partial charge >= 0.3 is 12.1 Å². The zero-order valence-electron chi connectivity index (χ0n) is 15.0. The molecule has 0 bridgehead atoms. The Morgan fingerprint density at radius 1 is 1.35 bits per heavy atom. The van der Waals surface area contributed by atoms with Crippen molar-refractivity contribution in [1.29, 1.82) is 0 Å². The van der Waals surface area contributed by atoms with Crippen LogP contribution in [0.15, 0.2) is 40.8 Å². The van der Waals surface area contributed by atoms with E-state index < -0.39 is 0 Å². The van der Waals surface area contributed by atoms with Crippen molar-refractivity contribution < 1.29 is 14.1 Å². The molecule has 2 saturated heterocycles. The number of hydrogen-bond donors (Lipinski definition) is 1. The number of carbonyl (C=O) groups is 1. The van der Waals surface area contributed by atoms with E-state index in [0.29, 0.717) is 11.8 Å². The fourth-order valence-corrected chi connectivity index (χ4v) is 3.85. The van der Waals surface area contributed by atoms with Crippen LogP contribution in [0.2, 0.25) is 0 Å². The Morgan fingerprint density at radius 3 is 2.85 bits per heavy atom. The van der Waals surface area contributed by atoms with Crippen LogP contribution in [-0.2, 0) is 4.74 Å². The minimum Gasteiger partial charge on any atom is -0.441 e. The molecule has 0 aliphatic carbocycles. The smallest absolute Gasteiger partial charge is 0.408 e. The summed E-state index contributed by atoms with van der Waals surface area (Å²) in [6.07, 6.45) is 12.1. The van der Waals surface area contributed by atoms with Crippen LogP contribution in [0.1, 0.15) is 32.0 Å². The third-order valence-electron chi connectivity index (χ3n) is 5.26. The van der Waals surface area contributed by atoms with Crippen LogP contribution in [-0.4, -0.2) is 45.9 Å². The summed E-state index contributed by atoms with van der Waals surface area (Å²) in [5, 5.41) is 6.77. The molecular weight excluding hydrogens is 334 g/mol. The van der Waals surface area contributed by atoms with Gasteiger partial charge in [0.05, 0.1) is 6.04 Å². The number of piperidine rings is 1. The van der Waals surface area contributed by atoms with Gasteiger partial charge in [0, 0.05) is 44.0 Å². The number of hydrogen-bond acceptors (Lipinski definition) is 7. The Hall–Kier alpha value is -2.77. The minimum absolute atomic E-state index is 0.104. The van der Waals surface area contributed by atoms with Gasteiger partial charge in [-0.25, -0.2) is 4.79 Å². The SMILES string of the molecule is CCC1NC(=O)OC12CCN(C1=CC=CN(c3nc(C)no3)C=C1)CC2. The van der Waals surface area contributed by atoms with E-state index in [9.17, 15) is 4.79 Å². The summed E-state index contributed by atoms with van der Waals surface area (Å²) in [6.45, 7) is 5.56. The first-order valence-electron chi connectivity index (χ1n) is 8.99. The molecule has 0 radical (unpaired) electrons. The molecule has 1 atom stereocenters. The molecule has 4 heterocycles. The molecule has 1 N–H and O–H groups in total. The number of rotatable bonds is 3. The number of anilines is 1. The molecule has 1 aromatic rings. The number of aromatic nitrogens is 2. The first-order valence-corrected chi connectivity index (χ1v) is 8.99. The lowest BCUT2D eigenvalue weighted by Crippen LogP contribution is -2.51. The van der Waals surface area contributed by atoms with E-state index in [1.165, 1.54) is 0 Å². The van der Waals surface area contributed by atoms with Gasteiger partial charge in [0.2, 0.25) is 0 Å². The van der Waals surface area contributed by atoms with Gasteiger partial charge in [-0.15, -0.1) is 0 Å². The van der Waals surface area contributed by atoms with E-state index in [1.807, 2.05) is 24.6 Å². The Morgan fingerprint density at radius 2 is 2.15 bits per heavy atom. The van der Waals surface area contributed by atoms with Crippen LogP contribution in [0.4, 0.5) is 10.8 Å². The zero-order chi connectivity index (χ0) is 18.1. The van der Waals surface area contributed by atoms with E-state index in [1.54, 1.807) is 11.8 Å². The molecule has 0 saturated carbocycles. The van der Waals surface area contributed by atoms with Gasteiger partial charge < -0.3 is 19.5 Å². The van der Waals surface area contributed by atoms with Gasteiger partial charge in [-0.3, -0.25) is 4.90 Å². The molecule has 8 heteroatoms. The van der Waals surface area contributed by atoms with Crippen LogP contribution < -0.4 is 10.2 Å². The normalized spacial score (nSPS) is 24.5. The third-order valence-corrected chi connectivity index (χ3v) is 5.26. The first-order chi connectivity index (χ1) is 12.6. The van der Waals surface area contributed by atoms with Gasteiger partial charge in [0.1, 0.15) is 5.60 Å². The fraction of sp³-hybridized carbons (Fsp3) is 0.500. The van der Waals surface area contributed by atoms with Crippen LogP contribution >= 0.6 is 0 Å². The number of nitrogens with one attached hydrogen (secondary N) is 1. The van der Waals surface area contributed by atoms with Gasteiger partial charge in [0.15, 0.2) is 5.82 Å². The number of allylic oxidation sites excluding steroid dienone is 3. The van der Waals surface area contributed by atoms with Crippen molar-refractivity contribution in [2.75, 3.05) is 18.0 Å². The second-order valence-corrected chi connectivity index (χ2v) is 6.83. The molecule has 0 aromatic carbocycles. The van der Waals surface area contributed by atoms with Gasteiger partial charge in [-0.1, -0.05) is 12.1 Å². The molecule has 3 aliphatic rings. The van der Waals surface area contributed by atoms with Crippen molar-refractivity contribution in [3.8, 4) is 0 Å². The van der Waals surface area contributed by atoms with Crippen LogP contribution in [0.25, 0.3) is 0 Å². The highest BCUT2D eigenvalue weighted by molar-refractivity contribution is 5.71. The lowest BCUT2D eigenvalue weighted by molar-refractivity contribution is -0.0116. The van der Waals surface area contributed by atoms with E-state index >= 15 is 0 Å². The molecule has 1 spiro atoms. The highest BCUT2D eigenvalue weighted by Gasteiger charge is 2.49. The molecule has 1 unspecified atom stereocenters. The number of nitrogens with zero attached hydrogens (tertiary/aromatic N) is 4. The topological polar surface area (TPSA) is 83.7 Å². The van der Waals surface area contributed by atoms with Gasteiger partial charge in [-0.05, 0) is 31.6 Å². The number of alkyl carbamates (subject to hydrolysis) is 1. The van der Waals surface area contributed by atoms with Crippen molar-refractivity contribution in [3.63, 3.8) is 0 Å². The number of amides is 1. The summed E-state index contributed by atoms with van der Waals surface area (Å²) in [5.74, 6) is 0.603. The summed E-state index contributed by atoms with van der Waals surface area (Å²) in [6, 6.07) is 0.545. The summed E-state index contributed by atoms with van der Waals surface area (Å²) >= 11 is 0. The van der Waals surface area contributed by atoms with Crippen LogP contribution in [0.3, 0.4) is 0 Å². The molecule has 2 fully saturated rings. The van der Waals surface area contributed by atoms with Crippen molar-refractivity contribution >= 4 is 12.1 Å². The first kappa shape index (κ1) is 16.7. The maximum Gasteiger partial charge on any atom is 0.408 e. The van der Waals surface area contributed by atoms with Crippen molar-refractivity contribution in [2.24, 2.45) is 0 Å². The highest BCUT2D eigenvalue weighted by atomic mass is 16.6. The molecule has 1 aromatic heterocycles. The third kappa shape index (κ3) is 2.95. The van der Waals surface area contributed by atoms with Gasteiger partial charge in [0.25, 0.3) is 0 Å². The predicted molar refractivity (Wildman–Crippen MR) is 95.1 cm³/mol. The number of aryl methyl sites for hydroxylation is 1. The van der Waals surface area contributed by atoms with Crippen molar-refractivity contribution in [1.82, 2.24) is 20.4 Å². The monoisotopic (exact) mass is 357 g/mol. The Balaban J connectivity index is 1.43. The molecular formula is C18H23N5O3. The van der Waals surface area contributed by atoms with Crippen LogP contribution in [0, 0.1) is 6.92 Å². The lowest BCUT2D eigenvalue weighted by atomic mass is 9.83. The molecule has 1 amide bonds. The molecule has 4 rings (SSSR count). The molecule has 8 nitrogen and oxygen atoms in total. The van der Waals surface area contributed by atoms with E-state index in [4.69, 9.17) is 9.26 Å². The Kier molecular flexibility index (Phi) is 4.18. The quantitative estimate of drug-likeness (QED) is 0.889. The van der Waals surface area contributed by atoms with Crippen molar-refractivity contribution in [2.45, 2.75) is 44.8 Å². The second-order valence-electron chi connectivity index (χ2n) is 6.83. The van der Waals surface area contributed by atoms with E-state index in [0.717, 1.165) is 38.0 Å². The van der Waals surface area contributed by atoms with E-state index in [-0.39, 0.29) is 17.7 Å². The van der Waals surface area contributed by atoms with Crippen molar-refractivity contribution in [3.05, 3.63) is 42.1 Å². The summed E-state index contributed by atoms with van der Waals surface area (Å²) < 4.78 is 10.9. The predicted octanol–water partition coefficient (Wildman–Crippen LogP) is 2.46. The highest BCUT2D eigenvalue weighted by Crippen LogP contribution is 2.36. The fourth-order valence-electron chi connectivity index (χ4n) is 3.85. The van der Waals surface area contributed by atoms with E-state index in [2.05, 4.69) is 33.4 Å². The Labute approximate surface area is 152 Å². The number of likely N-dealkylation sites (tertiary alicyclic amines) is 1. The largest absolute Gasteiger partial charge is 0.441 e. The average molecular weight is 357 g/mol. The standard InChI is InChI=1S/C18H23N5O3/c1-3-15-18(25-17(24)20-15)7-11-22(12-8-18)14-5-4-9-23(10-6-14)16-19-13(2)21-26-16/h4-6,9-10,15H,3,7-8,11-12H2,1-2H3,(H,20,24). The number of carbonyl (C=O) groups excluding carboxylic acids is 1. The maximum atomic E-state index is 11.7. The number of ether oxygens (including phenoxy) is 1. The lowest BCUT2D eigenvalue weighted by Gasteiger charge is -2.41. The van der Waals surface area contributed by atoms with Crippen LogP contribution in [0.5, 0.6) is 0 Å². The summed E-state index contributed by atoms with van der Waals surface area (Å²) in [7, 11) is 0. The average Bonchev–Trinajstić information content (AvgIpc) is 3.09. The molecule has 26 heavy (non-hydrogen) atoms. The summed E-state index contributed by atoms with van der Waals surface area (Å²) in [5.41, 5.74) is 0.751. The second kappa shape index (κ2) is 6.51. The molecule has 138 valence electrons. The maximum absolute atomic E-state index is 11.7. The molecule has 3 aliphatic heterocycles. The Bertz CT molecular complexity index is 774.